The third-order valence-corrected chi connectivity index (χ3v) is 3.00. The molecule has 1 aromatic carbocycles. The summed E-state index contributed by atoms with van der Waals surface area (Å²) in [6, 6.07) is 7.80. The zero-order valence-electron chi connectivity index (χ0n) is 7.73. The topological polar surface area (TPSA) is 46.3 Å². The molecule has 1 heterocycles. The van der Waals surface area contributed by atoms with Gasteiger partial charge in [0.15, 0.2) is 0 Å². The van der Waals surface area contributed by atoms with E-state index in [-0.39, 0.29) is 5.91 Å². The van der Waals surface area contributed by atoms with Gasteiger partial charge in [0.2, 0.25) is 0 Å². The van der Waals surface area contributed by atoms with Crippen molar-refractivity contribution in [1.82, 2.24) is 5.01 Å². The van der Waals surface area contributed by atoms with Crippen molar-refractivity contribution >= 4 is 27.3 Å². The van der Waals surface area contributed by atoms with Gasteiger partial charge in [0.25, 0.3) is 5.91 Å². The highest BCUT2D eigenvalue weighted by molar-refractivity contribution is 7.17. The number of rotatable bonds is 1. The molecule has 0 bridgehead atoms. The van der Waals surface area contributed by atoms with Gasteiger partial charge >= 0.3 is 0 Å². The molecule has 2 aromatic rings. The van der Waals surface area contributed by atoms with Crippen LogP contribution in [0, 0.1) is 0 Å². The van der Waals surface area contributed by atoms with Crippen molar-refractivity contribution in [1.29, 1.82) is 0 Å². The number of nitrogens with two attached hydrogens (primary N) is 1. The van der Waals surface area contributed by atoms with Gasteiger partial charge in [-0.2, -0.15) is 0 Å². The Morgan fingerprint density at radius 1 is 1.43 bits per heavy atom. The minimum absolute atomic E-state index is 0.151. The number of fused-ring (bicyclic) bond motifs is 1. The molecule has 0 radical (unpaired) electrons. The molecule has 0 unspecified atom stereocenters. The average Bonchev–Trinajstić information content (AvgIpc) is 2.60. The van der Waals surface area contributed by atoms with E-state index in [2.05, 4.69) is 0 Å². The molecule has 3 nitrogen and oxygen atoms in total. The van der Waals surface area contributed by atoms with Crippen LogP contribution in [0.15, 0.2) is 29.6 Å². The van der Waals surface area contributed by atoms with E-state index in [1.54, 1.807) is 18.4 Å². The summed E-state index contributed by atoms with van der Waals surface area (Å²) in [4.78, 5) is 11.6. The van der Waals surface area contributed by atoms with E-state index < -0.39 is 0 Å². The number of hydrogen-bond donors (Lipinski definition) is 1. The van der Waals surface area contributed by atoms with E-state index in [1.807, 2.05) is 29.6 Å². The van der Waals surface area contributed by atoms with Gasteiger partial charge in [0.1, 0.15) is 0 Å². The van der Waals surface area contributed by atoms with Crippen LogP contribution in [0.25, 0.3) is 10.1 Å². The number of hydrogen-bond acceptors (Lipinski definition) is 3. The lowest BCUT2D eigenvalue weighted by atomic mass is 10.2. The Labute approximate surface area is 85.7 Å². The molecule has 1 amide bonds. The molecule has 4 heteroatoms. The highest BCUT2D eigenvalue weighted by Gasteiger charge is 2.13. The minimum atomic E-state index is -0.151. The zero-order chi connectivity index (χ0) is 10.1. The minimum Gasteiger partial charge on any atom is -0.280 e. The molecule has 2 N–H and O–H groups in total. The van der Waals surface area contributed by atoms with Crippen molar-refractivity contribution in [2.75, 3.05) is 7.05 Å². The van der Waals surface area contributed by atoms with Crippen LogP contribution in [0.5, 0.6) is 0 Å². The normalized spacial score (nSPS) is 10.4. The Bertz CT molecular complexity index is 476. The Morgan fingerprint density at radius 3 is 2.86 bits per heavy atom. The highest BCUT2D eigenvalue weighted by Crippen LogP contribution is 2.25. The molecule has 0 aliphatic carbocycles. The fourth-order valence-corrected chi connectivity index (χ4v) is 2.27. The first kappa shape index (κ1) is 9.18. The summed E-state index contributed by atoms with van der Waals surface area (Å²) in [5, 5.41) is 3.92. The first-order chi connectivity index (χ1) is 6.70. The first-order valence-electron chi connectivity index (χ1n) is 4.19. The van der Waals surface area contributed by atoms with Crippen molar-refractivity contribution in [3.05, 3.63) is 35.2 Å². The Balaban J connectivity index is 2.58. The largest absolute Gasteiger partial charge is 0.280 e. The summed E-state index contributed by atoms with van der Waals surface area (Å²) < 4.78 is 1.11. The second-order valence-corrected chi connectivity index (χ2v) is 3.97. The van der Waals surface area contributed by atoms with Crippen LogP contribution in [0.3, 0.4) is 0 Å². The highest BCUT2D eigenvalue weighted by atomic mass is 32.1. The molecule has 0 saturated carbocycles. The summed E-state index contributed by atoms with van der Waals surface area (Å²) >= 11 is 1.56. The van der Waals surface area contributed by atoms with Crippen LogP contribution < -0.4 is 5.84 Å². The molecule has 0 fully saturated rings. The van der Waals surface area contributed by atoms with Crippen LogP contribution in [0.2, 0.25) is 0 Å². The van der Waals surface area contributed by atoms with E-state index in [1.165, 1.54) is 0 Å². The average molecular weight is 206 g/mol. The lowest BCUT2D eigenvalue weighted by Gasteiger charge is -2.08. The van der Waals surface area contributed by atoms with Gasteiger partial charge in [-0.15, -0.1) is 11.3 Å². The first-order valence-corrected chi connectivity index (χ1v) is 5.07. The molecule has 72 valence electrons. The SMILES string of the molecule is CN(N)C(=O)c1csc2ccccc12. The maximum Gasteiger partial charge on any atom is 0.268 e. The molecular formula is C10H10N2OS. The molecule has 0 spiro atoms. The number of thiophene rings is 1. The van der Waals surface area contributed by atoms with Gasteiger partial charge in [-0.25, -0.2) is 5.84 Å². The van der Waals surface area contributed by atoms with Crippen LogP contribution in [-0.4, -0.2) is 18.0 Å². The van der Waals surface area contributed by atoms with Crippen molar-refractivity contribution in [2.45, 2.75) is 0 Å². The molecule has 0 aliphatic heterocycles. The molecule has 14 heavy (non-hydrogen) atoms. The Hall–Kier alpha value is -1.39. The van der Waals surface area contributed by atoms with Crippen LogP contribution in [0.1, 0.15) is 10.4 Å². The van der Waals surface area contributed by atoms with Crippen LogP contribution >= 0.6 is 11.3 Å². The Kier molecular flexibility index (Phi) is 2.23. The summed E-state index contributed by atoms with van der Waals surface area (Å²) in [7, 11) is 1.55. The predicted molar refractivity (Wildman–Crippen MR) is 58.1 cm³/mol. The molecule has 2 rings (SSSR count). The fourth-order valence-electron chi connectivity index (χ4n) is 1.33. The summed E-state index contributed by atoms with van der Waals surface area (Å²) in [6.07, 6.45) is 0. The maximum absolute atomic E-state index is 11.6. The molecule has 0 saturated heterocycles. The third-order valence-electron chi connectivity index (χ3n) is 2.03. The van der Waals surface area contributed by atoms with E-state index >= 15 is 0 Å². The van der Waals surface area contributed by atoms with Crippen molar-refractivity contribution in [2.24, 2.45) is 5.84 Å². The van der Waals surface area contributed by atoms with Crippen molar-refractivity contribution in [3.8, 4) is 0 Å². The second kappa shape index (κ2) is 3.40. The summed E-state index contributed by atoms with van der Waals surface area (Å²) in [5.74, 6) is 5.26. The number of nitrogens with zero attached hydrogens (tertiary/aromatic N) is 1. The second-order valence-electron chi connectivity index (χ2n) is 3.06. The number of hydrazine groups is 1. The molecule has 0 atom stereocenters. The fraction of sp³-hybridized carbons (Fsp3) is 0.100. The number of benzene rings is 1. The van der Waals surface area contributed by atoms with Gasteiger partial charge in [0, 0.05) is 22.5 Å². The molecule has 0 aliphatic rings. The third kappa shape index (κ3) is 1.38. The molecular weight excluding hydrogens is 196 g/mol. The van der Waals surface area contributed by atoms with E-state index in [4.69, 9.17) is 5.84 Å². The van der Waals surface area contributed by atoms with E-state index in [9.17, 15) is 4.79 Å². The Morgan fingerprint density at radius 2 is 2.14 bits per heavy atom. The van der Waals surface area contributed by atoms with Gasteiger partial charge in [-0.05, 0) is 6.07 Å². The summed E-state index contributed by atoms with van der Waals surface area (Å²) in [6.45, 7) is 0. The number of carbonyl (C=O) groups excluding carboxylic acids is 1. The van der Waals surface area contributed by atoms with Gasteiger partial charge in [-0.1, -0.05) is 18.2 Å². The van der Waals surface area contributed by atoms with Crippen molar-refractivity contribution in [3.63, 3.8) is 0 Å². The monoisotopic (exact) mass is 206 g/mol. The van der Waals surface area contributed by atoms with Crippen molar-refractivity contribution < 1.29 is 4.79 Å². The maximum atomic E-state index is 11.6. The van der Waals surface area contributed by atoms with Gasteiger partial charge < -0.3 is 0 Å². The standard InChI is InChI=1S/C10H10N2OS/c1-12(11)10(13)8-6-14-9-5-3-2-4-7(8)9/h2-6H,11H2,1H3. The van der Waals surface area contributed by atoms with Gasteiger partial charge in [-0.3, -0.25) is 9.80 Å². The lowest BCUT2D eigenvalue weighted by Crippen LogP contribution is -2.32. The smallest absolute Gasteiger partial charge is 0.268 e. The zero-order valence-corrected chi connectivity index (χ0v) is 8.54. The van der Waals surface area contributed by atoms with E-state index in [0.29, 0.717) is 5.56 Å². The predicted octanol–water partition coefficient (Wildman–Crippen LogP) is 1.85. The lowest BCUT2D eigenvalue weighted by molar-refractivity contribution is 0.0797. The molecule has 1 aromatic heterocycles. The number of amides is 1. The van der Waals surface area contributed by atoms with Crippen LogP contribution in [0.4, 0.5) is 0 Å². The summed E-state index contributed by atoms with van der Waals surface area (Å²) in [5.41, 5.74) is 0.676. The van der Waals surface area contributed by atoms with Crippen LogP contribution in [-0.2, 0) is 0 Å². The van der Waals surface area contributed by atoms with Gasteiger partial charge in [0.05, 0.1) is 5.56 Å². The van der Waals surface area contributed by atoms with E-state index in [0.717, 1.165) is 15.1 Å². The quantitative estimate of drug-likeness (QED) is 0.439. The number of carbonyl (C=O) groups is 1.